The van der Waals surface area contributed by atoms with Crippen molar-refractivity contribution in [3.63, 3.8) is 0 Å². The van der Waals surface area contributed by atoms with E-state index in [1.165, 1.54) is 23.1 Å². The van der Waals surface area contributed by atoms with E-state index in [4.69, 9.17) is 0 Å². The highest BCUT2D eigenvalue weighted by molar-refractivity contribution is 6.52. The summed E-state index contributed by atoms with van der Waals surface area (Å²) in [6, 6.07) is 17.0. The molecule has 1 saturated heterocycles. The minimum atomic E-state index is -0.994. The number of benzene rings is 3. The summed E-state index contributed by atoms with van der Waals surface area (Å²) in [6.07, 6.45) is 0. The van der Waals surface area contributed by atoms with Crippen molar-refractivity contribution in [1.29, 1.82) is 0 Å². The second kappa shape index (κ2) is 8.37. The predicted octanol–water partition coefficient (Wildman–Crippen LogP) is 5.33. The number of hydrogen-bond acceptors (Lipinski definition) is 5. The zero-order valence-electron chi connectivity index (χ0n) is 19.5. The summed E-state index contributed by atoms with van der Waals surface area (Å²) in [4.78, 5) is 27.7. The first kappa shape index (κ1) is 23.1. The highest BCUT2D eigenvalue weighted by Crippen LogP contribution is 2.45. The molecule has 4 rings (SSSR count). The standard InChI is InChI=1S/C28H27NO5/c1-16-9-12-18(28(2,3)4)15-20(16)25(32)23-24(17-10-13-19(30)14-11-17)29(27(34)26(23)33)21-7-5-6-8-22(21)31/h5-15,24,30-32H,1-4H3/b25-23+. The molecule has 6 nitrogen and oxygen atoms in total. The third kappa shape index (κ3) is 3.92. The monoisotopic (exact) mass is 457 g/mol. The first-order chi connectivity index (χ1) is 16.0. The van der Waals surface area contributed by atoms with Gasteiger partial charge in [0.05, 0.1) is 17.3 Å². The number of nitrogens with zero attached hydrogens (tertiary/aromatic N) is 1. The van der Waals surface area contributed by atoms with Gasteiger partial charge in [0, 0.05) is 5.56 Å². The van der Waals surface area contributed by atoms with Gasteiger partial charge in [0.15, 0.2) is 0 Å². The van der Waals surface area contributed by atoms with Gasteiger partial charge in [-0.05, 0) is 59.4 Å². The summed E-state index contributed by atoms with van der Waals surface area (Å²) in [7, 11) is 0. The maximum atomic E-state index is 13.3. The SMILES string of the molecule is Cc1ccc(C(C)(C)C)cc1/C(O)=C1\C(=O)C(=O)N(c2ccccc2O)C1c1ccc(O)cc1. The maximum absolute atomic E-state index is 13.3. The first-order valence-corrected chi connectivity index (χ1v) is 11.0. The number of phenolic OH excluding ortho intramolecular Hbond substituents is 2. The molecule has 1 amide bonds. The Morgan fingerprint density at radius 3 is 2.18 bits per heavy atom. The van der Waals surface area contributed by atoms with E-state index in [-0.39, 0.29) is 33.9 Å². The van der Waals surface area contributed by atoms with Gasteiger partial charge in [-0.15, -0.1) is 0 Å². The Morgan fingerprint density at radius 1 is 0.912 bits per heavy atom. The average Bonchev–Trinajstić information content (AvgIpc) is 3.04. The average molecular weight is 458 g/mol. The van der Waals surface area contributed by atoms with E-state index in [2.05, 4.69) is 20.8 Å². The second-order valence-electron chi connectivity index (χ2n) is 9.53. The molecular formula is C28H27NO5. The van der Waals surface area contributed by atoms with Gasteiger partial charge in [-0.1, -0.05) is 57.2 Å². The Kier molecular flexibility index (Phi) is 5.69. The lowest BCUT2D eigenvalue weighted by Crippen LogP contribution is -2.29. The number of Topliss-reactive ketones (excluding diaryl/α,β-unsaturated/α-hetero) is 1. The van der Waals surface area contributed by atoms with Crippen LogP contribution in [0.25, 0.3) is 5.76 Å². The molecule has 1 heterocycles. The number of aliphatic hydroxyl groups is 1. The Balaban J connectivity index is 2.00. The normalized spacial score (nSPS) is 17.9. The van der Waals surface area contributed by atoms with Gasteiger partial charge in [-0.25, -0.2) is 0 Å². The van der Waals surface area contributed by atoms with Crippen LogP contribution in [0.5, 0.6) is 11.5 Å². The number of carbonyl (C=O) groups is 2. The maximum Gasteiger partial charge on any atom is 0.300 e. The quantitative estimate of drug-likeness (QED) is 0.281. The first-order valence-electron chi connectivity index (χ1n) is 11.0. The molecule has 1 aliphatic heterocycles. The van der Waals surface area contributed by atoms with Gasteiger partial charge in [-0.2, -0.15) is 0 Å². The number of aryl methyl sites for hydroxylation is 1. The van der Waals surface area contributed by atoms with Gasteiger partial charge in [-0.3, -0.25) is 14.5 Å². The van der Waals surface area contributed by atoms with Gasteiger partial charge in [0.25, 0.3) is 11.7 Å². The fourth-order valence-electron chi connectivity index (χ4n) is 4.21. The predicted molar refractivity (Wildman–Crippen MR) is 131 cm³/mol. The van der Waals surface area contributed by atoms with E-state index >= 15 is 0 Å². The van der Waals surface area contributed by atoms with Gasteiger partial charge in [0.1, 0.15) is 17.3 Å². The Morgan fingerprint density at radius 2 is 1.56 bits per heavy atom. The number of rotatable bonds is 3. The summed E-state index contributed by atoms with van der Waals surface area (Å²) in [5.41, 5.74) is 2.58. The van der Waals surface area contributed by atoms with E-state index in [1.54, 1.807) is 30.3 Å². The number of ketones is 1. The summed E-state index contributed by atoms with van der Waals surface area (Å²) >= 11 is 0. The van der Waals surface area contributed by atoms with Crippen molar-refractivity contribution in [1.82, 2.24) is 0 Å². The van der Waals surface area contributed by atoms with Crippen molar-refractivity contribution in [2.24, 2.45) is 0 Å². The number of para-hydroxylation sites is 2. The minimum absolute atomic E-state index is 0.0250. The van der Waals surface area contributed by atoms with Crippen LogP contribution in [0.1, 0.15) is 49.1 Å². The lowest BCUT2D eigenvalue weighted by atomic mass is 9.84. The van der Waals surface area contributed by atoms with Crippen molar-refractivity contribution in [2.45, 2.75) is 39.2 Å². The zero-order valence-corrected chi connectivity index (χ0v) is 19.5. The Bertz CT molecular complexity index is 1320. The van der Waals surface area contributed by atoms with Crippen LogP contribution >= 0.6 is 0 Å². The highest BCUT2D eigenvalue weighted by atomic mass is 16.3. The number of hydrogen-bond donors (Lipinski definition) is 3. The molecule has 3 aromatic carbocycles. The van der Waals surface area contributed by atoms with E-state index in [0.717, 1.165) is 11.1 Å². The minimum Gasteiger partial charge on any atom is -0.508 e. The third-order valence-corrected chi connectivity index (χ3v) is 6.15. The molecule has 1 aliphatic rings. The molecule has 0 saturated carbocycles. The van der Waals surface area contributed by atoms with Crippen LogP contribution < -0.4 is 4.90 Å². The van der Waals surface area contributed by atoms with Crippen LogP contribution in [0.4, 0.5) is 5.69 Å². The van der Waals surface area contributed by atoms with Gasteiger partial charge < -0.3 is 15.3 Å². The fourth-order valence-corrected chi connectivity index (χ4v) is 4.21. The van der Waals surface area contributed by atoms with Gasteiger partial charge >= 0.3 is 0 Å². The Labute approximate surface area is 198 Å². The van der Waals surface area contributed by atoms with Crippen molar-refractivity contribution >= 4 is 23.1 Å². The lowest BCUT2D eigenvalue weighted by molar-refractivity contribution is -0.132. The van der Waals surface area contributed by atoms with Crippen molar-refractivity contribution in [2.75, 3.05) is 4.90 Å². The lowest BCUT2D eigenvalue weighted by Gasteiger charge is -2.26. The summed E-state index contributed by atoms with van der Waals surface area (Å²) in [6.45, 7) is 7.98. The van der Waals surface area contributed by atoms with Crippen molar-refractivity contribution in [3.05, 3.63) is 94.6 Å². The van der Waals surface area contributed by atoms with Crippen molar-refractivity contribution < 1.29 is 24.9 Å². The largest absolute Gasteiger partial charge is 0.508 e. The van der Waals surface area contributed by atoms with Crippen LogP contribution in [0.15, 0.2) is 72.3 Å². The van der Waals surface area contributed by atoms with E-state index in [1.807, 2.05) is 25.1 Å². The number of anilines is 1. The van der Waals surface area contributed by atoms with Crippen molar-refractivity contribution in [3.8, 4) is 11.5 Å². The molecule has 1 atom stereocenters. The highest BCUT2D eigenvalue weighted by Gasteiger charge is 2.47. The number of phenols is 2. The van der Waals surface area contributed by atoms with Crippen LogP contribution in [-0.2, 0) is 15.0 Å². The van der Waals surface area contributed by atoms with Crippen LogP contribution in [0.3, 0.4) is 0 Å². The molecule has 3 N–H and O–H groups in total. The summed E-state index contributed by atoms with van der Waals surface area (Å²) < 4.78 is 0. The third-order valence-electron chi connectivity index (χ3n) is 6.15. The molecule has 3 aromatic rings. The smallest absolute Gasteiger partial charge is 0.300 e. The molecule has 0 radical (unpaired) electrons. The molecule has 1 fully saturated rings. The summed E-state index contributed by atoms with van der Waals surface area (Å²) in [5, 5.41) is 31.7. The molecule has 0 aromatic heterocycles. The fraction of sp³-hybridized carbons (Fsp3) is 0.214. The molecule has 1 unspecified atom stereocenters. The summed E-state index contributed by atoms with van der Waals surface area (Å²) in [5.74, 6) is -2.13. The molecule has 0 spiro atoms. The topological polar surface area (TPSA) is 98.1 Å². The number of aromatic hydroxyl groups is 2. The zero-order chi connectivity index (χ0) is 24.8. The molecule has 6 heteroatoms. The van der Waals surface area contributed by atoms with E-state index in [0.29, 0.717) is 11.1 Å². The number of carbonyl (C=O) groups excluding carboxylic acids is 2. The molecule has 0 bridgehead atoms. The number of amides is 1. The second-order valence-corrected chi connectivity index (χ2v) is 9.53. The molecule has 34 heavy (non-hydrogen) atoms. The molecule has 0 aliphatic carbocycles. The van der Waals surface area contributed by atoms with E-state index in [9.17, 15) is 24.9 Å². The van der Waals surface area contributed by atoms with Crippen LogP contribution in [0, 0.1) is 6.92 Å². The van der Waals surface area contributed by atoms with Crippen LogP contribution in [-0.4, -0.2) is 27.0 Å². The van der Waals surface area contributed by atoms with Gasteiger partial charge in [0.2, 0.25) is 0 Å². The molecule has 174 valence electrons. The Hall–Kier alpha value is -4.06. The van der Waals surface area contributed by atoms with E-state index < -0.39 is 17.7 Å². The molecular weight excluding hydrogens is 430 g/mol. The van der Waals surface area contributed by atoms with Crippen LogP contribution in [0.2, 0.25) is 0 Å². The number of aliphatic hydroxyl groups excluding tert-OH is 1.